The summed E-state index contributed by atoms with van der Waals surface area (Å²) in [5.74, 6) is -0.254. The maximum atomic E-state index is 12.4. The topological polar surface area (TPSA) is 69.7 Å². The van der Waals surface area contributed by atoms with E-state index < -0.39 is 0 Å². The van der Waals surface area contributed by atoms with Crippen molar-refractivity contribution in [3.63, 3.8) is 0 Å². The highest BCUT2D eigenvalue weighted by molar-refractivity contribution is 5.98. The third-order valence-electron chi connectivity index (χ3n) is 3.98. The molecule has 1 N–H and O–H groups in total. The van der Waals surface area contributed by atoms with Crippen LogP contribution in [0.4, 0.5) is 5.69 Å². The number of nitrogens with zero attached hydrogens (tertiary/aromatic N) is 2. The number of rotatable bonds is 3. The summed E-state index contributed by atoms with van der Waals surface area (Å²) in [5, 5.41) is 2.66. The Morgan fingerprint density at radius 1 is 1.14 bits per heavy atom. The Labute approximate surface area is 129 Å². The van der Waals surface area contributed by atoms with Crippen LogP contribution in [0.3, 0.4) is 0 Å². The molecule has 1 heterocycles. The summed E-state index contributed by atoms with van der Waals surface area (Å²) in [6.45, 7) is 2.79. The lowest BCUT2D eigenvalue weighted by Crippen LogP contribution is -2.52. The molecule has 0 atom stereocenters. The van der Waals surface area contributed by atoms with Gasteiger partial charge in [-0.25, -0.2) is 0 Å². The summed E-state index contributed by atoms with van der Waals surface area (Å²) < 4.78 is 0. The van der Waals surface area contributed by atoms with Gasteiger partial charge < -0.3 is 15.1 Å². The molecule has 0 aromatic heterocycles. The van der Waals surface area contributed by atoms with Crippen molar-refractivity contribution in [3.8, 4) is 0 Å². The molecule has 3 amide bonds. The molecule has 2 aliphatic rings. The molecule has 1 aromatic rings. The van der Waals surface area contributed by atoms with E-state index in [0.29, 0.717) is 30.4 Å². The molecule has 6 nitrogen and oxygen atoms in total. The van der Waals surface area contributed by atoms with Crippen molar-refractivity contribution in [2.24, 2.45) is 0 Å². The molecule has 116 valence electrons. The van der Waals surface area contributed by atoms with E-state index in [-0.39, 0.29) is 24.3 Å². The molecular weight excluding hydrogens is 282 g/mol. The number of benzene rings is 1. The van der Waals surface area contributed by atoms with Crippen molar-refractivity contribution in [2.45, 2.75) is 25.8 Å². The third-order valence-corrected chi connectivity index (χ3v) is 3.98. The Balaban J connectivity index is 1.63. The van der Waals surface area contributed by atoms with Crippen LogP contribution in [0.5, 0.6) is 0 Å². The monoisotopic (exact) mass is 301 g/mol. The minimum Gasteiger partial charge on any atom is -0.336 e. The van der Waals surface area contributed by atoms with E-state index in [2.05, 4.69) is 5.32 Å². The zero-order chi connectivity index (χ0) is 15.7. The van der Waals surface area contributed by atoms with Gasteiger partial charge in [-0.05, 0) is 37.1 Å². The fourth-order valence-corrected chi connectivity index (χ4v) is 2.71. The molecule has 1 saturated heterocycles. The van der Waals surface area contributed by atoms with Crippen LogP contribution in [0.15, 0.2) is 24.3 Å². The summed E-state index contributed by atoms with van der Waals surface area (Å²) in [6, 6.07) is 7.13. The molecule has 1 aliphatic carbocycles. The minimum atomic E-state index is -0.152. The molecule has 0 unspecified atom stereocenters. The van der Waals surface area contributed by atoms with Crippen molar-refractivity contribution in [1.82, 2.24) is 9.80 Å². The molecule has 22 heavy (non-hydrogen) atoms. The van der Waals surface area contributed by atoms with Gasteiger partial charge in [0.05, 0.1) is 0 Å². The Morgan fingerprint density at radius 2 is 1.82 bits per heavy atom. The molecule has 0 bridgehead atoms. The van der Waals surface area contributed by atoms with Gasteiger partial charge in [0.15, 0.2) is 0 Å². The average Bonchev–Trinajstić information content (AvgIpc) is 3.31. The molecule has 6 heteroatoms. The van der Waals surface area contributed by atoms with E-state index in [4.69, 9.17) is 0 Å². The highest BCUT2D eigenvalue weighted by Gasteiger charge is 2.36. The highest BCUT2D eigenvalue weighted by atomic mass is 16.2. The first-order valence-corrected chi connectivity index (χ1v) is 7.51. The van der Waals surface area contributed by atoms with E-state index in [0.717, 1.165) is 12.8 Å². The summed E-state index contributed by atoms with van der Waals surface area (Å²) in [5.41, 5.74) is 1.18. The lowest BCUT2D eigenvalue weighted by molar-refractivity contribution is -0.135. The normalized spacial score (nSPS) is 18.3. The second-order valence-corrected chi connectivity index (χ2v) is 5.80. The van der Waals surface area contributed by atoms with Gasteiger partial charge in [0, 0.05) is 37.3 Å². The van der Waals surface area contributed by atoms with Gasteiger partial charge in [0.2, 0.25) is 11.8 Å². The SMILES string of the molecule is CC(=O)Nc1ccc(C(=O)N2CCN(C3CC3)C(=O)C2)cc1. The average molecular weight is 301 g/mol. The van der Waals surface area contributed by atoms with Crippen molar-refractivity contribution in [1.29, 1.82) is 0 Å². The predicted octanol–water partition coefficient (Wildman–Crippen LogP) is 1.09. The minimum absolute atomic E-state index is 0.0389. The quantitative estimate of drug-likeness (QED) is 0.908. The molecular formula is C16H19N3O3. The van der Waals surface area contributed by atoms with Gasteiger partial charge in [-0.2, -0.15) is 0 Å². The van der Waals surface area contributed by atoms with Crippen LogP contribution >= 0.6 is 0 Å². The Kier molecular flexibility index (Phi) is 3.83. The number of hydrogen-bond donors (Lipinski definition) is 1. The smallest absolute Gasteiger partial charge is 0.254 e. The fourth-order valence-electron chi connectivity index (χ4n) is 2.71. The summed E-state index contributed by atoms with van der Waals surface area (Å²) in [4.78, 5) is 39.0. The largest absolute Gasteiger partial charge is 0.336 e. The van der Waals surface area contributed by atoms with Crippen LogP contribution < -0.4 is 5.32 Å². The van der Waals surface area contributed by atoms with Crippen LogP contribution in [0.25, 0.3) is 0 Å². The molecule has 1 saturated carbocycles. The van der Waals surface area contributed by atoms with E-state index in [1.54, 1.807) is 29.2 Å². The molecule has 3 rings (SSSR count). The summed E-state index contributed by atoms with van der Waals surface area (Å²) in [6.07, 6.45) is 2.18. The summed E-state index contributed by atoms with van der Waals surface area (Å²) >= 11 is 0. The van der Waals surface area contributed by atoms with Gasteiger partial charge >= 0.3 is 0 Å². The number of carbonyl (C=O) groups is 3. The molecule has 2 fully saturated rings. The Hall–Kier alpha value is -2.37. The van der Waals surface area contributed by atoms with Gasteiger partial charge in [-0.3, -0.25) is 14.4 Å². The lowest BCUT2D eigenvalue weighted by atomic mass is 10.1. The Morgan fingerprint density at radius 3 is 2.36 bits per heavy atom. The van der Waals surface area contributed by atoms with Crippen LogP contribution in [0.2, 0.25) is 0 Å². The first-order valence-electron chi connectivity index (χ1n) is 7.51. The van der Waals surface area contributed by atoms with Crippen molar-refractivity contribution in [2.75, 3.05) is 25.0 Å². The first kappa shape index (κ1) is 14.6. The molecule has 0 spiro atoms. The van der Waals surface area contributed by atoms with Crippen LogP contribution in [-0.2, 0) is 9.59 Å². The highest BCUT2D eigenvalue weighted by Crippen LogP contribution is 2.28. The van der Waals surface area contributed by atoms with Crippen LogP contribution in [0.1, 0.15) is 30.1 Å². The first-order chi connectivity index (χ1) is 10.5. The number of piperazine rings is 1. The maximum absolute atomic E-state index is 12.4. The molecule has 0 radical (unpaired) electrons. The van der Waals surface area contributed by atoms with Crippen molar-refractivity contribution >= 4 is 23.4 Å². The molecule has 1 aromatic carbocycles. The Bertz CT molecular complexity index is 608. The van der Waals surface area contributed by atoms with E-state index >= 15 is 0 Å². The van der Waals surface area contributed by atoms with Gasteiger partial charge in [0.25, 0.3) is 5.91 Å². The third kappa shape index (κ3) is 3.10. The van der Waals surface area contributed by atoms with Crippen LogP contribution in [0, 0.1) is 0 Å². The van der Waals surface area contributed by atoms with Gasteiger partial charge in [-0.15, -0.1) is 0 Å². The van der Waals surface area contributed by atoms with E-state index in [1.165, 1.54) is 6.92 Å². The van der Waals surface area contributed by atoms with E-state index in [9.17, 15) is 14.4 Å². The van der Waals surface area contributed by atoms with E-state index in [1.807, 2.05) is 4.90 Å². The number of anilines is 1. The zero-order valence-electron chi connectivity index (χ0n) is 12.5. The van der Waals surface area contributed by atoms with Gasteiger partial charge in [-0.1, -0.05) is 0 Å². The fraction of sp³-hybridized carbons (Fsp3) is 0.438. The second kappa shape index (κ2) is 5.79. The second-order valence-electron chi connectivity index (χ2n) is 5.80. The zero-order valence-corrected chi connectivity index (χ0v) is 12.5. The number of nitrogens with one attached hydrogen (secondary N) is 1. The summed E-state index contributed by atoms with van der Waals surface area (Å²) in [7, 11) is 0. The predicted molar refractivity (Wildman–Crippen MR) is 81.4 cm³/mol. The van der Waals surface area contributed by atoms with Gasteiger partial charge in [0.1, 0.15) is 6.54 Å². The number of carbonyl (C=O) groups excluding carboxylic acids is 3. The number of hydrogen-bond acceptors (Lipinski definition) is 3. The maximum Gasteiger partial charge on any atom is 0.254 e. The van der Waals surface area contributed by atoms with Crippen molar-refractivity contribution < 1.29 is 14.4 Å². The van der Waals surface area contributed by atoms with Crippen molar-refractivity contribution in [3.05, 3.63) is 29.8 Å². The van der Waals surface area contributed by atoms with Crippen LogP contribution in [-0.4, -0.2) is 53.2 Å². The standard InChI is InChI=1S/C16H19N3O3/c1-11(20)17-13-4-2-12(3-5-13)16(22)18-8-9-19(14-6-7-14)15(21)10-18/h2-5,14H,6-10H2,1H3,(H,17,20). The number of amides is 3. The molecule has 1 aliphatic heterocycles. The lowest BCUT2D eigenvalue weighted by Gasteiger charge is -2.34.